The number of halogens is 2. The van der Waals surface area contributed by atoms with Gasteiger partial charge in [0, 0.05) is 6.07 Å². The Morgan fingerprint density at radius 3 is 2.30 bits per heavy atom. The Bertz CT molecular complexity index is 451. The first-order valence-corrected chi connectivity index (χ1v) is 9.32. The Labute approximate surface area is 141 Å². The summed E-state index contributed by atoms with van der Waals surface area (Å²) in [7, 11) is 0. The molecule has 0 saturated heterocycles. The van der Waals surface area contributed by atoms with E-state index in [4.69, 9.17) is 0 Å². The average molecular weight is 324 g/mol. The minimum atomic E-state index is -0.498. The molecule has 0 radical (unpaired) electrons. The third-order valence-electron chi connectivity index (χ3n) is 4.94. The molecule has 0 spiro atoms. The molecule has 0 bridgehead atoms. The second-order valence-corrected chi connectivity index (χ2v) is 7.74. The van der Waals surface area contributed by atoms with Crippen molar-refractivity contribution in [3.63, 3.8) is 0 Å². The summed E-state index contributed by atoms with van der Waals surface area (Å²) >= 11 is 0. The van der Waals surface area contributed by atoms with Gasteiger partial charge in [-0.3, -0.25) is 0 Å². The van der Waals surface area contributed by atoms with Crippen LogP contribution in [0.1, 0.15) is 84.6 Å². The number of rotatable bonds is 11. The summed E-state index contributed by atoms with van der Waals surface area (Å²) in [5.74, 6) is -0.0435. The zero-order valence-electron chi connectivity index (χ0n) is 15.4. The third kappa shape index (κ3) is 7.94. The number of hydrogen-bond donors (Lipinski definition) is 0. The lowest BCUT2D eigenvalue weighted by molar-refractivity contribution is 0.303. The van der Waals surface area contributed by atoms with Crippen LogP contribution in [0.15, 0.2) is 18.2 Å². The van der Waals surface area contributed by atoms with E-state index in [-0.39, 0.29) is 5.41 Å². The molecule has 2 heteroatoms. The van der Waals surface area contributed by atoms with E-state index in [0.717, 1.165) is 18.4 Å². The van der Waals surface area contributed by atoms with Crippen LogP contribution in [0.25, 0.3) is 0 Å². The molecule has 1 aromatic carbocycles. The topological polar surface area (TPSA) is 0 Å². The fourth-order valence-electron chi connectivity index (χ4n) is 3.35. The molecule has 0 aliphatic carbocycles. The first-order chi connectivity index (χ1) is 10.9. The molecule has 0 nitrogen and oxygen atoms in total. The maximum Gasteiger partial charge on any atom is 0.129 e. The van der Waals surface area contributed by atoms with Crippen molar-refractivity contribution in [3.8, 4) is 0 Å². The lowest BCUT2D eigenvalue weighted by Crippen LogP contribution is -2.16. The highest BCUT2D eigenvalue weighted by atomic mass is 19.1. The second-order valence-electron chi connectivity index (χ2n) is 7.74. The molecule has 0 N–H and O–H groups in total. The van der Waals surface area contributed by atoms with Gasteiger partial charge in [0.15, 0.2) is 0 Å². The highest BCUT2D eigenvalue weighted by molar-refractivity contribution is 5.19. The van der Waals surface area contributed by atoms with Crippen LogP contribution in [-0.2, 0) is 6.42 Å². The quantitative estimate of drug-likeness (QED) is 0.374. The van der Waals surface area contributed by atoms with Crippen molar-refractivity contribution < 1.29 is 8.78 Å². The van der Waals surface area contributed by atoms with Gasteiger partial charge < -0.3 is 0 Å². The van der Waals surface area contributed by atoms with Crippen LogP contribution >= 0.6 is 0 Å². The molecule has 0 aliphatic rings. The Morgan fingerprint density at radius 2 is 1.70 bits per heavy atom. The zero-order valence-corrected chi connectivity index (χ0v) is 15.4. The second kappa shape index (κ2) is 10.1. The van der Waals surface area contributed by atoms with E-state index in [2.05, 4.69) is 27.7 Å². The molecule has 0 fully saturated rings. The molecule has 1 rings (SSSR count). The van der Waals surface area contributed by atoms with Gasteiger partial charge in [-0.1, -0.05) is 78.7 Å². The van der Waals surface area contributed by atoms with Gasteiger partial charge in [-0.25, -0.2) is 8.78 Å². The molecular formula is C21H34F2. The molecular weight excluding hydrogens is 290 g/mol. The fraction of sp³-hybridized carbons (Fsp3) is 0.714. The van der Waals surface area contributed by atoms with Crippen LogP contribution in [0.2, 0.25) is 0 Å². The van der Waals surface area contributed by atoms with Gasteiger partial charge in [0.2, 0.25) is 0 Å². The monoisotopic (exact) mass is 324 g/mol. The van der Waals surface area contributed by atoms with Crippen molar-refractivity contribution in [1.29, 1.82) is 0 Å². The molecule has 132 valence electrons. The van der Waals surface area contributed by atoms with Gasteiger partial charge in [-0.05, 0) is 35.8 Å². The maximum atomic E-state index is 13.8. The van der Waals surface area contributed by atoms with E-state index < -0.39 is 11.6 Å². The minimum absolute atomic E-state index is 0.0593. The van der Waals surface area contributed by atoms with Gasteiger partial charge in [0.25, 0.3) is 0 Å². The summed E-state index contributed by atoms with van der Waals surface area (Å²) in [6, 6.07) is 3.93. The highest BCUT2D eigenvalue weighted by Gasteiger charge is 2.20. The molecule has 0 saturated carbocycles. The summed E-state index contributed by atoms with van der Waals surface area (Å²) in [6.45, 7) is 8.92. The van der Waals surface area contributed by atoms with Crippen LogP contribution < -0.4 is 0 Å². The Hall–Kier alpha value is -0.920. The third-order valence-corrected chi connectivity index (χ3v) is 4.94. The summed E-state index contributed by atoms with van der Waals surface area (Å²) in [4.78, 5) is 0. The lowest BCUT2D eigenvalue weighted by atomic mass is 9.80. The molecule has 0 heterocycles. The Kier molecular flexibility index (Phi) is 8.79. The molecule has 23 heavy (non-hydrogen) atoms. The first-order valence-electron chi connectivity index (χ1n) is 9.32. The van der Waals surface area contributed by atoms with Gasteiger partial charge in [-0.15, -0.1) is 0 Å². The van der Waals surface area contributed by atoms with Gasteiger partial charge in [0.1, 0.15) is 11.6 Å². The molecule has 0 amide bonds. The van der Waals surface area contributed by atoms with E-state index in [0.29, 0.717) is 12.0 Å². The molecule has 1 aromatic rings. The van der Waals surface area contributed by atoms with Crippen LogP contribution in [0, 0.1) is 23.0 Å². The van der Waals surface area contributed by atoms with Crippen LogP contribution in [0.5, 0.6) is 0 Å². The zero-order chi connectivity index (χ0) is 17.3. The Morgan fingerprint density at radius 1 is 1.00 bits per heavy atom. The lowest BCUT2D eigenvalue weighted by Gasteiger charge is -2.25. The number of unbranched alkanes of at least 4 members (excludes halogenated alkanes) is 2. The number of hydrogen-bond acceptors (Lipinski definition) is 0. The largest absolute Gasteiger partial charge is 0.207 e. The maximum absolute atomic E-state index is 13.8. The van der Waals surface area contributed by atoms with Crippen LogP contribution in [0.4, 0.5) is 8.78 Å². The van der Waals surface area contributed by atoms with Gasteiger partial charge >= 0.3 is 0 Å². The smallest absolute Gasteiger partial charge is 0.129 e. The normalized spacial score (nSPS) is 13.3. The van der Waals surface area contributed by atoms with Crippen LogP contribution in [-0.4, -0.2) is 0 Å². The van der Waals surface area contributed by atoms with Crippen LogP contribution in [0.3, 0.4) is 0 Å². The van der Waals surface area contributed by atoms with E-state index >= 15 is 0 Å². The van der Waals surface area contributed by atoms with E-state index in [1.807, 2.05) is 0 Å². The van der Waals surface area contributed by atoms with E-state index in [1.165, 1.54) is 51.0 Å². The minimum Gasteiger partial charge on any atom is -0.207 e. The predicted octanol–water partition coefficient (Wildman–Crippen LogP) is 7.31. The summed E-state index contributed by atoms with van der Waals surface area (Å²) in [6.07, 6.45) is 10.8. The summed E-state index contributed by atoms with van der Waals surface area (Å²) < 4.78 is 26.8. The van der Waals surface area contributed by atoms with Gasteiger partial charge in [-0.2, -0.15) is 0 Å². The van der Waals surface area contributed by atoms with E-state index in [9.17, 15) is 8.78 Å². The SMILES string of the molecule is CCCCC(CC)CCCCC(C)(C)Cc1ccc(F)cc1F. The first kappa shape index (κ1) is 20.1. The summed E-state index contributed by atoms with van der Waals surface area (Å²) in [5.41, 5.74) is 0.690. The highest BCUT2D eigenvalue weighted by Crippen LogP contribution is 2.30. The number of benzene rings is 1. The summed E-state index contributed by atoms with van der Waals surface area (Å²) in [5, 5.41) is 0. The van der Waals surface area contributed by atoms with Crippen molar-refractivity contribution >= 4 is 0 Å². The predicted molar refractivity (Wildman–Crippen MR) is 95.6 cm³/mol. The fourth-order valence-corrected chi connectivity index (χ4v) is 3.35. The van der Waals surface area contributed by atoms with E-state index in [1.54, 1.807) is 6.07 Å². The molecule has 0 aromatic heterocycles. The standard InChI is InChI=1S/C21H34F2/c1-5-7-10-17(6-2)11-8-9-14-21(3,4)16-18-12-13-19(22)15-20(18)23/h12-13,15,17H,5-11,14,16H2,1-4H3. The molecule has 1 atom stereocenters. The Balaban J connectivity index is 2.37. The average Bonchev–Trinajstić information content (AvgIpc) is 2.49. The van der Waals surface area contributed by atoms with Crippen molar-refractivity contribution in [2.24, 2.45) is 11.3 Å². The van der Waals surface area contributed by atoms with Gasteiger partial charge in [0.05, 0.1) is 0 Å². The van der Waals surface area contributed by atoms with Crippen molar-refractivity contribution in [1.82, 2.24) is 0 Å². The van der Waals surface area contributed by atoms with Crippen molar-refractivity contribution in [3.05, 3.63) is 35.4 Å². The molecule has 0 aliphatic heterocycles. The van der Waals surface area contributed by atoms with Crippen molar-refractivity contribution in [2.45, 2.75) is 85.5 Å². The molecule has 1 unspecified atom stereocenters. The van der Waals surface area contributed by atoms with Crippen molar-refractivity contribution in [2.75, 3.05) is 0 Å².